The van der Waals surface area contributed by atoms with Gasteiger partial charge in [-0.3, -0.25) is 9.59 Å². The summed E-state index contributed by atoms with van der Waals surface area (Å²) in [4.78, 5) is 29.8. The Morgan fingerprint density at radius 3 is 2.55 bits per heavy atom. The highest BCUT2D eigenvalue weighted by Crippen LogP contribution is 2.38. The Morgan fingerprint density at radius 1 is 1.07 bits per heavy atom. The van der Waals surface area contributed by atoms with Crippen molar-refractivity contribution in [2.75, 3.05) is 27.2 Å². The van der Waals surface area contributed by atoms with E-state index in [1.54, 1.807) is 6.07 Å². The SMILES string of the molecule is CN(C)CCCN1C(=O)c2oc3ccc(F)cc3c(=O)c2C1c1cccc(F)c1. The maximum absolute atomic E-state index is 13.9. The molecule has 3 aromatic rings. The van der Waals surface area contributed by atoms with Crippen molar-refractivity contribution in [2.45, 2.75) is 12.5 Å². The second-order valence-electron chi connectivity index (χ2n) is 7.43. The van der Waals surface area contributed by atoms with Gasteiger partial charge in [-0.15, -0.1) is 0 Å². The van der Waals surface area contributed by atoms with Crippen LogP contribution in [0.3, 0.4) is 0 Å². The van der Waals surface area contributed by atoms with Crippen molar-refractivity contribution in [1.82, 2.24) is 9.80 Å². The van der Waals surface area contributed by atoms with Crippen molar-refractivity contribution in [3.63, 3.8) is 0 Å². The van der Waals surface area contributed by atoms with Gasteiger partial charge in [0.2, 0.25) is 5.76 Å². The van der Waals surface area contributed by atoms with E-state index in [9.17, 15) is 18.4 Å². The van der Waals surface area contributed by atoms with Gasteiger partial charge in [0.1, 0.15) is 17.2 Å². The molecule has 0 saturated carbocycles. The van der Waals surface area contributed by atoms with E-state index in [1.165, 1.54) is 35.2 Å². The fourth-order valence-electron chi connectivity index (χ4n) is 3.80. The molecule has 0 radical (unpaired) electrons. The lowest BCUT2D eigenvalue weighted by Crippen LogP contribution is -2.32. The first kappa shape index (κ1) is 19.3. The average Bonchev–Trinajstić information content (AvgIpc) is 2.95. The number of halogens is 2. The van der Waals surface area contributed by atoms with Crippen LogP contribution in [-0.2, 0) is 0 Å². The third-order valence-corrected chi connectivity index (χ3v) is 5.10. The van der Waals surface area contributed by atoms with Crippen molar-refractivity contribution in [3.8, 4) is 0 Å². The molecule has 0 saturated heterocycles. The standard InChI is InChI=1S/C22H20F2N2O3/c1-25(2)9-4-10-26-19(13-5-3-6-14(23)11-13)18-20(27)16-12-15(24)7-8-17(16)29-21(18)22(26)28/h3,5-8,11-12,19H,4,9-10H2,1-2H3. The van der Waals surface area contributed by atoms with E-state index < -0.39 is 29.0 Å². The fraction of sp³-hybridized carbons (Fsp3) is 0.273. The summed E-state index contributed by atoms with van der Waals surface area (Å²) in [5, 5.41) is 0.0631. The summed E-state index contributed by atoms with van der Waals surface area (Å²) in [6, 6.07) is 8.65. The van der Waals surface area contributed by atoms with Gasteiger partial charge in [0.25, 0.3) is 5.91 Å². The Hall–Kier alpha value is -3.06. The number of fused-ring (bicyclic) bond motifs is 2. The van der Waals surface area contributed by atoms with Crippen LogP contribution < -0.4 is 5.43 Å². The summed E-state index contributed by atoms with van der Waals surface area (Å²) >= 11 is 0. The highest BCUT2D eigenvalue weighted by atomic mass is 19.1. The maximum Gasteiger partial charge on any atom is 0.290 e. The lowest BCUT2D eigenvalue weighted by molar-refractivity contribution is 0.0722. The first-order valence-electron chi connectivity index (χ1n) is 9.34. The molecule has 7 heteroatoms. The molecule has 0 bridgehead atoms. The molecular weight excluding hydrogens is 378 g/mol. The van der Waals surface area contributed by atoms with E-state index in [1.807, 2.05) is 19.0 Å². The molecular formula is C22H20F2N2O3. The van der Waals surface area contributed by atoms with E-state index in [2.05, 4.69) is 0 Å². The average molecular weight is 398 g/mol. The molecule has 1 aliphatic rings. The fourth-order valence-corrected chi connectivity index (χ4v) is 3.80. The summed E-state index contributed by atoms with van der Waals surface area (Å²) in [5.74, 6) is -1.52. The van der Waals surface area contributed by atoms with E-state index in [0.29, 0.717) is 18.5 Å². The van der Waals surface area contributed by atoms with E-state index in [-0.39, 0.29) is 22.3 Å². The Kier molecular flexibility index (Phi) is 4.92. The Bertz CT molecular complexity index is 1160. The van der Waals surface area contributed by atoms with Gasteiger partial charge in [-0.25, -0.2) is 8.78 Å². The first-order chi connectivity index (χ1) is 13.9. The zero-order chi connectivity index (χ0) is 20.7. The molecule has 0 fully saturated rings. The van der Waals surface area contributed by atoms with Crippen molar-refractivity contribution < 1.29 is 18.0 Å². The number of hydrogen-bond acceptors (Lipinski definition) is 4. The third kappa shape index (κ3) is 3.42. The topological polar surface area (TPSA) is 53.8 Å². The molecule has 0 aliphatic carbocycles. The van der Waals surface area contributed by atoms with Gasteiger partial charge >= 0.3 is 0 Å². The number of hydrogen-bond donors (Lipinski definition) is 0. The van der Waals surface area contributed by atoms with E-state index in [4.69, 9.17) is 4.42 Å². The van der Waals surface area contributed by atoms with Gasteiger partial charge in [-0.2, -0.15) is 0 Å². The third-order valence-electron chi connectivity index (χ3n) is 5.10. The molecule has 1 atom stereocenters. The smallest absolute Gasteiger partial charge is 0.290 e. The first-order valence-corrected chi connectivity index (χ1v) is 9.34. The predicted octanol–water partition coefficient (Wildman–Crippen LogP) is 3.57. The molecule has 150 valence electrons. The zero-order valence-corrected chi connectivity index (χ0v) is 16.1. The van der Waals surface area contributed by atoms with Crippen LogP contribution in [0.15, 0.2) is 51.7 Å². The van der Waals surface area contributed by atoms with E-state index >= 15 is 0 Å². The van der Waals surface area contributed by atoms with Crippen LogP contribution in [-0.4, -0.2) is 42.9 Å². The Balaban J connectivity index is 1.89. The second kappa shape index (κ2) is 7.40. The van der Waals surface area contributed by atoms with Gasteiger partial charge in [0.05, 0.1) is 17.0 Å². The lowest BCUT2D eigenvalue weighted by Gasteiger charge is -2.25. The van der Waals surface area contributed by atoms with Crippen LogP contribution in [0.1, 0.15) is 34.1 Å². The van der Waals surface area contributed by atoms with Crippen LogP contribution in [0, 0.1) is 11.6 Å². The molecule has 2 heterocycles. The molecule has 1 unspecified atom stereocenters. The predicted molar refractivity (Wildman–Crippen MR) is 105 cm³/mol. The molecule has 2 aromatic carbocycles. The molecule has 1 aromatic heterocycles. The quantitative estimate of drug-likeness (QED) is 0.659. The summed E-state index contributed by atoms with van der Waals surface area (Å²) in [6.07, 6.45) is 0.668. The summed E-state index contributed by atoms with van der Waals surface area (Å²) in [7, 11) is 3.86. The van der Waals surface area contributed by atoms with Crippen LogP contribution >= 0.6 is 0 Å². The number of carbonyl (C=O) groups is 1. The van der Waals surface area contributed by atoms with Crippen LogP contribution in [0.4, 0.5) is 8.78 Å². The number of nitrogens with zero attached hydrogens (tertiary/aromatic N) is 2. The highest BCUT2D eigenvalue weighted by molar-refractivity contribution is 5.99. The summed E-state index contributed by atoms with van der Waals surface area (Å²) < 4.78 is 33.4. The minimum absolute atomic E-state index is 0.0618. The molecule has 1 aliphatic heterocycles. The van der Waals surface area contributed by atoms with Gasteiger partial charge in [-0.05, 0) is 63.0 Å². The van der Waals surface area contributed by atoms with Gasteiger partial charge in [0.15, 0.2) is 5.43 Å². The molecule has 29 heavy (non-hydrogen) atoms. The largest absolute Gasteiger partial charge is 0.450 e. The summed E-state index contributed by atoms with van der Waals surface area (Å²) in [6.45, 7) is 1.11. The Morgan fingerprint density at radius 2 is 1.83 bits per heavy atom. The van der Waals surface area contributed by atoms with Crippen molar-refractivity contribution in [1.29, 1.82) is 0 Å². The van der Waals surface area contributed by atoms with Gasteiger partial charge < -0.3 is 14.2 Å². The normalized spacial score (nSPS) is 16.1. The number of carbonyl (C=O) groups excluding carboxylic acids is 1. The number of amides is 1. The molecule has 0 N–H and O–H groups in total. The number of benzene rings is 2. The van der Waals surface area contributed by atoms with Gasteiger partial charge in [-0.1, -0.05) is 12.1 Å². The highest BCUT2D eigenvalue weighted by Gasteiger charge is 2.42. The minimum Gasteiger partial charge on any atom is -0.450 e. The lowest BCUT2D eigenvalue weighted by atomic mass is 9.98. The van der Waals surface area contributed by atoms with Crippen LogP contribution in [0.5, 0.6) is 0 Å². The van der Waals surface area contributed by atoms with Crippen LogP contribution in [0.25, 0.3) is 11.0 Å². The second-order valence-corrected chi connectivity index (χ2v) is 7.43. The zero-order valence-electron chi connectivity index (χ0n) is 16.1. The van der Waals surface area contributed by atoms with Crippen molar-refractivity contribution >= 4 is 16.9 Å². The van der Waals surface area contributed by atoms with Crippen LogP contribution in [0.2, 0.25) is 0 Å². The summed E-state index contributed by atoms with van der Waals surface area (Å²) in [5.41, 5.74) is 0.281. The van der Waals surface area contributed by atoms with E-state index in [0.717, 1.165) is 12.6 Å². The number of rotatable bonds is 5. The van der Waals surface area contributed by atoms with Crippen molar-refractivity contribution in [2.24, 2.45) is 0 Å². The molecule has 5 nitrogen and oxygen atoms in total. The Labute approximate surface area is 166 Å². The van der Waals surface area contributed by atoms with Gasteiger partial charge in [0, 0.05) is 6.54 Å². The van der Waals surface area contributed by atoms with Crippen molar-refractivity contribution in [3.05, 3.63) is 81.2 Å². The monoisotopic (exact) mass is 398 g/mol. The molecule has 4 rings (SSSR count). The maximum atomic E-state index is 13.9. The molecule has 0 spiro atoms. The molecule has 1 amide bonds. The minimum atomic E-state index is -0.778.